The Hall–Kier alpha value is -0.910. The van der Waals surface area contributed by atoms with Crippen LogP contribution in [0.4, 0.5) is 0 Å². The number of rotatable bonds is 3. The van der Waals surface area contributed by atoms with Gasteiger partial charge < -0.3 is 31.3 Å². The van der Waals surface area contributed by atoms with Crippen molar-refractivity contribution in [1.82, 2.24) is 0 Å². The fourth-order valence-electron chi connectivity index (χ4n) is 3.93. The highest BCUT2D eigenvalue weighted by atomic mass is 79.9. The van der Waals surface area contributed by atoms with E-state index in [-0.39, 0.29) is 23.1 Å². The van der Waals surface area contributed by atoms with Crippen molar-refractivity contribution in [2.75, 3.05) is 14.1 Å². The first-order chi connectivity index (χ1) is 9.98. The lowest BCUT2D eigenvalue weighted by atomic mass is 9.97. The minimum absolute atomic E-state index is 0. The van der Waals surface area contributed by atoms with Crippen LogP contribution < -0.4 is 17.0 Å². The molecule has 2 heterocycles. The van der Waals surface area contributed by atoms with E-state index in [1.807, 2.05) is 18.2 Å². The number of nitrogens with zero attached hydrogens (tertiary/aromatic N) is 1. The fraction of sp³-hybridized carbons (Fsp3) is 0.588. The minimum Gasteiger partial charge on any atom is -1.00 e. The standard InChI is InChI=1S/C17H24NO3.BrH/c1-18(2)13-8-9-14(18)11-15(10-13)21-17(20)16(19)12-6-4-3-5-7-12;/h3-7,13-16,19H,8-11H2,1-2H3;1H/q+1;/p-1/t13-,14+,15?,16-;/m1./s1. The van der Waals surface area contributed by atoms with Gasteiger partial charge in [-0.25, -0.2) is 4.79 Å². The predicted molar refractivity (Wildman–Crippen MR) is 79.4 cm³/mol. The molecule has 2 aliphatic rings. The number of carbonyl (C=O) groups is 1. The molecule has 3 rings (SSSR count). The summed E-state index contributed by atoms with van der Waals surface area (Å²) in [4.78, 5) is 12.1. The van der Waals surface area contributed by atoms with Crippen LogP contribution in [0.5, 0.6) is 0 Å². The molecule has 0 aliphatic carbocycles. The number of aliphatic hydroxyl groups excluding tert-OH is 1. The molecule has 122 valence electrons. The van der Waals surface area contributed by atoms with Crippen molar-refractivity contribution in [3.05, 3.63) is 35.9 Å². The molecule has 5 heteroatoms. The van der Waals surface area contributed by atoms with Gasteiger partial charge in [0, 0.05) is 25.7 Å². The predicted octanol–water partition coefficient (Wildman–Crippen LogP) is -0.963. The van der Waals surface area contributed by atoms with Gasteiger partial charge in [0.1, 0.15) is 6.10 Å². The number of esters is 1. The highest BCUT2D eigenvalue weighted by molar-refractivity contribution is 5.76. The molecule has 1 unspecified atom stereocenters. The molecular formula is C17H24BrNO3. The normalized spacial score (nSPS) is 30.2. The van der Waals surface area contributed by atoms with Gasteiger partial charge in [-0.1, -0.05) is 30.3 Å². The zero-order valence-corrected chi connectivity index (χ0v) is 14.7. The van der Waals surface area contributed by atoms with Crippen LogP contribution in [0.1, 0.15) is 37.4 Å². The van der Waals surface area contributed by atoms with Gasteiger partial charge in [0.15, 0.2) is 6.10 Å². The number of quaternary nitrogens is 1. The van der Waals surface area contributed by atoms with Crippen molar-refractivity contribution >= 4 is 5.97 Å². The van der Waals surface area contributed by atoms with Crippen molar-refractivity contribution < 1.29 is 36.1 Å². The lowest BCUT2D eigenvalue weighted by molar-refractivity contribution is -0.931. The Kier molecular flexibility index (Phi) is 5.30. The van der Waals surface area contributed by atoms with E-state index in [0.717, 1.165) is 17.3 Å². The topological polar surface area (TPSA) is 46.5 Å². The molecule has 0 radical (unpaired) electrons. The van der Waals surface area contributed by atoms with Crippen molar-refractivity contribution in [3.8, 4) is 0 Å². The van der Waals surface area contributed by atoms with E-state index in [1.54, 1.807) is 12.1 Å². The van der Waals surface area contributed by atoms with E-state index >= 15 is 0 Å². The summed E-state index contributed by atoms with van der Waals surface area (Å²) in [6, 6.07) is 10.1. The van der Waals surface area contributed by atoms with Crippen LogP contribution in [-0.4, -0.2) is 47.8 Å². The van der Waals surface area contributed by atoms with Gasteiger partial charge >= 0.3 is 5.97 Å². The third kappa shape index (κ3) is 3.21. The van der Waals surface area contributed by atoms with E-state index in [9.17, 15) is 9.90 Å². The van der Waals surface area contributed by atoms with E-state index in [1.165, 1.54) is 12.8 Å². The SMILES string of the molecule is C[N+]1(C)[C@@H]2CC[C@H]1CC(OC(=O)[C@H](O)c1ccccc1)C2.[Br-]. The summed E-state index contributed by atoms with van der Waals surface area (Å²) >= 11 is 0. The van der Waals surface area contributed by atoms with E-state index in [2.05, 4.69) is 14.1 Å². The quantitative estimate of drug-likeness (QED) is 0.551. The smallest absolute Gasteiger partial charge is 0.339 e. The second kappa shape index (κ2) is 6.69. The zero-order chi connectivity index (χ0) is 15.0. The van der Waals surface area contributed by atoms with Crippen molar-refractivity contribution in [1.29, 1.82) is 0 Å². The van der Waals surface area contributed by atoms with Gasteiger partial charge in [-0.05, 0) is 5.56 Å². The summed E-state index contributed by atoms with van der Waals surface area (Å²) < 4.78 is 6.63. The molecule has 0 amide bonds. The molecular weight excluding hydrogens is 346 g/mol. The Bertz CT molecular complexity index is 504. The lowest BCUT2D eigenvalue weighted by Crippen LogP contribution is -3.00. The average Bonchev–Trinajstić information content (AvgIpc) is 2.67. The first kappa shape index (κ1) is 17.4. The second-order valence-electron chi connectivity index (χ2n) is 6.86. The molecule has 4 nitrogen and oxygen atoms in total. The van der Waals surface area contributed by atoms with Crippen molar-refractivity contribution in [2.45, 2.75) is 50.0 Å². The molecule has 0 aromatic heterocycles. The van der Waals surface area contributed by atoms with Gasteiger partial charge in [0.05, 0.1) is 26.2 Å². The Morgan fingerprint density at radius 1 is 1.18 bits per heavy atom. The number of carbonyl (C=O) groups excluding carboxylic acids is 1. The summed E-state index contributed by atoms with van der Waals surface area (Å²) in [6.07, 6.45) is 3.04. The van der Waals surface area contributed by atoms with E-state index in [0.29, 0.717) is 17.6 Å². The molecule has 4 atom stereocenters. The number of fused-ring (bicyclic) bond motifs is 2. The number of ether oxygens (including phenoxy) is 1. The Morgan fingerprint density at radius 3 is 2.27 bits per heavy atom. The number of aliphatic hydroxyl groups is 1. The average molecular weight is 370 g/mol. The van der Waals surface area contributed by atoms with E-state index < -0.39 is 12.1 Å². The first-order valence-electron chi connectivity index (χ1n) is 7.75. The maximum Gasteiger partial charge on any atom is 0.339 e. The number of halogens is 1. The van der Waals surface area contributed by atoms with Gasteiger partial charge in [-0.3, -0.25) is 0 Å². The van der Waals surface area contributed by atoms with Gasteiger partial charge in [0.2, 0.25) is 0 Å². The maximum absolute atomic E-state index is 12.1. The summed E-state index contributed by atoms with van der Waals surface area (Å²) in [5, 5.41) is 10.1. The third-order valence-corrected chi connectivity index (χ3v) is 5.41. The highest BCUT2D eigenvalue weighted by Crippen LogP contribution is 2.40. The summed E-state index contributed by atoms with van der Waals surface area (Å²) in [5.74, 6) is -0.516. The molecule has 0 spiro atoms. The molecule has 2 saturated heterocycles. The fourth-order valence-corrected chi connectivity index (χ4v) is 3.93. The Morgan fingerprint density at radius 2 is 1.73 bits per heavy atom. The lowest BCUT2D eigenvalue weighted by Gasteiger charge is -2.43. The second-order valence-corrected chi connectivity index (χ2v) is 6.86. The van der Waals surface area contributed by atoms with Gasteiger partial charge in [0.25, 0.3) is 0 Å². The van der Waals surface area contributed by atoms with Crippen LogP contribution in [0.2, 0.25) is 0 Å². The van der Waals surface area contributed by atoms with Crippen LogP contribution in [0.3, 0.4) is 0 Å². The van der Waals surface area contributed by atoms with E-state index in [4.69, 9.17) is 4.74 Å². The molecule has 1 N–H and O–H groups in total. The molecule has 2 aliphatic heterocycles. The maximum atomic E-state index is 12.1. The minimum atomic E-state index is -1.17. The van der Waals surface area contributed by atoms with Crippen molar-refractivity contribution in [3.63, 3.8) is 0 Å². The van der Waals surface area contributed by atoms with Crippen LogP contribution in [0, 0.1) is 0 Å². The zero-order valence-electron chi connectivity index (χ0n) is 13.1. The van der Waals surface area contributed by atoms with Crippen LogP contribution >= 0.6 is 0 Å². The number of hydrogen-bond donors (Lipinski definition) is 1. The molecule has 1 aromatic rings. The monoisotopic (exact) mass is 369 g/mol. The highest BCUT2D eigenvalue weighted by Gasteiger charge is 2.50. The molecule has 2 fully saturated rings. The summed E-state index contributed by atoms with van der Waals surface area (Å²) in [6.45, 7) is 0. The summed E-state index contributed by atoms with van der Waals surface area (Å²) in [5.41, 5.74) is 0.595. The van der Waals surface area contributed by atoms with Gasteiger partial charge in [-0.2, -0.15) is 0 Å². The third-order valence-electron chi connectivity index (χ3n) is 5.41. The molecule has 0 saturated carbocycles. The molecule has 2 bridgehead atoms. The van der Waals surface area contributed by atoms with Gasteiger partial charge in [-0.15, -0.1) is 0 Å². The van der Waals surface area contributed by atoms with Crippen molar-refractivity contribution in [2.24, 2.45) is 0 Å². The summed E-state index contributed by atoms with van der Waals surface area (Å²) in [7, 11) is 4.55. The Balaban J connectivity index is 0.00000176. The van der Waals surface area contributed by atoms with Crippen LogP contribution in [-0.2, 0) is 9.53 Å². The van der Waals surface area contributed by atoms with Crippen LogP contribution in [0.25, 0.3) is 0 Å². The number of hydrogen-bond acceptors (Lipinski definition) is 3. The molecule has 1 aromatic carbocycles. The first-order valence-corrected chi connectivity index (χ1v) is 7.75. The number of benzene rings is 1. The molecule has 22 heavy (non-hydrogen) atoms. The van der Waals surface area contributed by atoms with Crippen LogP contribution in [0.15, 0.2) is 30.3 Å². The Labute approximate surface area is 142 Å². The number of piperidine rings is 1. The largest absolute Gasteiger partial charge is 1.00 e.